The Morgan fingerprint density at radius 2 is 2.19 bits per heavy atom. The highest BCUT2D eigenvalue weighted by Gasteiger charge is 2.11. The molecule has 1 heterocycles. The summed E-state index contributed by atoms with van der Waals surface area (Å²) >= 11 is 1.10. The number of nitriles is 1. The molecule has 0 aliphatic heterocycles. The van der Waals surface area contributed by atoms with E-state index in [1.54, 1.807) is 0 Å². The summed E-state index contributed by atoms with van der Waals surface area (Å²) in [5.74, 6) is -0.245. The Balaban J connectivity index is 2.56. The van der Waals surface area contributed by atoms with Crippen LogP contribution in [0.2, 0.25) is 0 Å². The van der Waals surface area contributed by atoms with Crippen LogP contribution in [0.5, 0.6) is 0 Å². The number of hydrogen-bond acceptors (Lipinski definition) is 6. The predicted molar refractivity (Wildman–Crippen MR) is 80.2 cm³/mol. The number of H-pyrrole nitrogens is 1. The molecule has 1 aromatic rings. The van der Waals surface area contributed by atoms with E-state index in [9.17, 15) is 9.59 Å². The van der Waals surface area contributed by atoms with Crippen molar-refractivity contribution in [2.75, 3.05) is 12.4 Å². The highest BCUT2D eigenvalue weighted by atomic mass is 32.2. The van der Waals surface area contributed by atoms with Gasteiger partial charge in [0.05, 0.1) is 18.1 Å². The number of aromatic nitrogens is 2. The van der Waals surface area contributed by atoms with E-state index in [1.807, 2.05) is 13.0 Å². The number of carbonyl (C=O) groups excluding carboxylic acids is 1. The molecule has 114 valence electrons. The van der Waals surface area contributed by atoms with Crippen LogP contribution in [0.3, 0.4) is 0 Å². The smallest absolute Gasteiger partial charge is 0.316 e. The number of aromatic amines is 1. The normalized spacial score (nSPS) is 10.1. The lowest BCUT2D eigenvalue weighted by Crippen LogP contribution is -2.17. The van der Waals surface area contributed by atoms with E-state index < -0.39 is 5.56 Å². The van der Waals surface area contributed by atoms with E-state index >= 15 is 0 Å². The number of nitrogens with zero attached hydrogens (tertiary/aromatic N) is 2. The number of aryl methyl sites for hydroxylation is 1. The average molecular weight is 309 g/mol. The molecule has 21 heavy (non-hydrogen) atoms. The fourth-order valence-electron chi connectivity index (χ4n) is 1.64. The topological polar surface area (TPSA) is 95.8 Å². The summed E-state index contributed by atoms with van der Waals surface area (Å²) in [5, 5.41) is 9.22. The van der Waals surface area contributed by atoms with Gasteiger partial charge in [-0.3, -0.25) is 9.59 Å². The number of carbonyl (C=O) groups is 1. The van der Waals surface area contributed by atoms with Crippen molar-refractivity contribution in [3.63, 3.8) is 0 Å². The molecule has 1 rings (SSSR count). The fraction of sp³-hybridized carbons (Fsp3) is 0.571. The molecule has 1 aromatic heterocycles. The number of nitrogens with one attached hydrogen (secondary N) is 1. The molecule has 0 bridgehead atoms. The Morgan fingerprint density at radius 3 is 2.81 bits per heavy atom. The van der Waals surface area contributed by atoms with Gasteiger partial charge >= 0.3 is 5.97 Å². The molecule has 0 atom stereocenters. The first-order valence-electron chi connectivity index (χ1n) is 6.94. The van der Waals surface area contributed by atoms with Gasteiger partial charge in [0.25, 0.3) is 5.56 Å². The SMILES string of the molecule is CCCCCOC(=O)CSc1nc(CC)c(C#N)c(=O)[nH]1. The van der Waals surface area contributed by atoms with E-state index in [1.165, 1.54) is 0 Å². The molecule has 0 spiro atoms. The lowest BCUT2D eigenvalue weighted by Gasteiger charge is -2.05. The van der Waals surface area contributed by atoms with Crippen LogP contribution in [0.1, 0.15) is 44.4 Å². The van der Waals surface area contributed by atoms with Crippen molar-refractivity contribution in [3.8, 4) is 6.07 Å². The number of unbranched alkanes of at least 4 members (excludes halogenated alkanes) is 2. The monoisotopic (exact) mass is 309 g/mol. The predicted octanol–water partition coefficient (Wildman–Crippen LogP) is 2.03. The Morgan fingerprint density at radius 1 is 1.43 bits per heavy atom. The van der Waals surface area contributed by atoms with Crippen molar-refractivity contribution in [1.82, 2.24) is 9.97 Å². The van der Waals surface area contributed by atoms with Crippen LogP contribution in [0, 0.1) is 11.3 Å². The number of esters is 1. The number of thioether (sulfide) groups is 1. The summed E-state index contributed by atoms with van der Waals surface area (Å²) in [7, 11) is 0. The van der Waals surface area contributed by atoms with Crippen molar-refractivity contribution in [2.45, 2.75) is 44.7 Å². The third-order valence-electron chi connectivity index (χ3n) is 2.76. The first-order valence-corrected chi connectivity index (χ1v) is 7.92. The van der Waals surface area contributed by atoms with Crippen molar-refractivity contribution >= 4 is 17.7 Å². The van der Waals surface area contributed by atoms with Crippen molar-refractivity contribution in [3.05, 3.63) is 21.6 Å². The molecule has 7 heteroatoms. The van der Waals surface area contributed by atoms with Gasteiger partial charge in [0.2, 0.25) is 0 Å². The van der Waals surface area contributed by atoms with Crippen LogP contribution in [0.15, 0.2) is 9.95 Å². The molecular formula is C14H19N3O3S. The van der Waals surface area contributed by atoms with Gasteiger partial charge in [0.15, 0.2) is 5.16 Å². The second kappa shape index (κ2) is 9.19. The van der Waals surface area contributed by atoms with Gasteiger partial charge in [-0.25, -0.2) is 4.98 Å². The molecule has 0 saturated heterocycles. The van der Waals surface area contributed by atoms with Gasteiger partial charge in [-0.2, -0.15) is 5.26 Å². The number of hydrogen-bond donors (Lipinski definition) is 1. The highest BCUT2D eigenvalue weighted by Crippen LogP contribution is 2.13. The second-order valence-electron chi connectivity index (χ2n) is 4.37. The van der Waals surface area contributed by atoms with Gasteiger partial charge < -0.3 is 9.72 Å². The Labute approximate surface area is 127 Å². The van der Waals surface area contributed by atoms with Crippen molar-refractivity contribution < 1.29 is 9.53 Å². The molecule has 1 N–H and O–H groups in total. The third kappa shape index (κ3) is 5.60. The van der Waals surface area contributed by atoms with Gasteiger partial charge in [-0.1, -0.05) is 38.5 Å². The minimum atomic E-state index is -0.469. The van der Waals surface area contributed by atoms with Gasteiger partial charge in [0.1, 0.15) is 11.6 Å². The average Bonchev–Trinajstić information content (AvgIpc) is 2.48. The molecule has 0 saturated carbocycles. The van der Waals surface area contributed by atoms with E-state index in [-0.39, 0.29) is 17.3 Å². The molecule has 0 aliphatic rings. The molecule has 0 fully saturated rings. The molecule has 0 unspecified atom stereocenters. The maximum absolute atomic E-state index is 11.7. The molecule has 6 nitrogen and oxygen atoms in total. The largest absolute Gasteiger partial charge is 0.465 e. The Hall–Kier alpha value is -1.81. The van der Waals surface area contributed by atoms with Crippen LogP contribution in [-0.2, 0) is 16.0 Å². The first kappa shape index (κ1) is 17.2. The van der Waals surface area contributed by atoms with Crippen molar-refractivity contribution in [2.24, 2.45) is 0 Å². The maximum atomic E-state index is 11.7. The summed E-state index contributed by atoms with van der Waals surface area (Å²) in [4.78, 5) is 29.9. The summed E-state index contributed by atoms with van der Waals surface area (Å²) in [5.41, 5.74) is 0.00668. The van der Waals surface area contributed by atoms with Crippen LogP contribution < -0.4 is 5.56 Å². The zero-order valence-electron chi connectivity index (χ0n) is 12.3. The summed E-state index contributed by atoms with van der Waals surface area (Å²) in [6.07, 6.45) is 3.45. The quantitative estimate of drug-likeness (QED) is 0.341. The zero-order chi connectivity index (χ0) is 15.7. The lowest BCUT2D eigenvalue weighted by atomic mass is 10.2. The van der Waals surface area contributed by atoms with Crippen LogP contribution in [-0.4, -0.2) is 28.3 Å². The fourth-order valence-corrected chi connectivity index (χ4v) is 2.32. The van der Waals surface area contributed by atoms with Crippen LogP contribution in [0.4, 0.5) is 0 Å². The zero-order valence-corrected chi connectivity index (χ0v) is 13.1. The Kier molecular flexibility index (Phi) is 7.54. The summed E-state index contributed by atoms with van der Waals surface area (Å²) < 4.78 is 5.07. The standard InChI is InChI=1S/C14H19N3O3S/c1-3-5-6-7-20-12(18)9-21-14-16-11(4-2)10(8-15)13(19)17-14/h3-7,9H2,1-2H3,(H,16,17,19). The number of rotatable bonds is 8. The Bertz CT molecular complexity index is 578. The molecule has 0 radical (unpaired) electrons. The molecular weight excluding hydrogens is 290 g/mol. The van der Waals surface area contributed by atoms with Crippen molar-refractivity contribution in [1.29, 1.82) is 5.26 Å². The van der Waals surface area contributed by atoms with Crippen LogP contribution >= 0.6 is 11.8 Å². The van der Waals surface area contributed by atoms with Gasteiger partial charge in [0, 0.05) is 0 Å². The maximum Gasteiger partial charge on any atom is 0.316 e. The molecule has 0 aliphatic carbocycles. The number of ether oxygens (including phenoxy) is 1. The van der Waals surface area contributed by atoms with E-state index in [0.29, 0.717) is 23.9 Å². The van der Waals surface area contributed by atoms with Crippen LogP contribution in [0.25, 0.3) is 0 Å². The summed E-state index contributed by atoms with van der Waals surface area (Å²) in [6, 6.07) is 1.84. The minimum Gasteiger partial charge on any atom is -0.465 e. The van der Waals surface area contributed by atoms with Gasteiger partial charge in [-0.05, 0) is 12.8 Å². The van der Waals surface area contributed by atoms with E-state index in [2.05, 4.69) is 16.9 Å². The highest BCUT2D eigenvalue weighted by molar-refractivity contribution is 7.99. The molecule has 0 aromatic carbocycles. The minimum absolute atomic E-state index is 0.0315. The van der Waals surface area contributed by atoms with Gasteiger partial charge in [-0.15, -0.1) is 0 Å². The summed E-state index contributed by atoms with van der Waals surface area (Å²) in [6.45, 7) is 4.32. The molecule has 0 amide bonds. The second-order valence-corrected chi connectivity index (χ2v) is 5.34. The third-order valence-corrected chi connectivity index (χ3v) is 3.60. The van der Waals surface area contributed by atoms with E-state index in [0.717, 1.165) is 31.0 Å². The van der Waals surface area contributed by atoms with E-state index in [4.69, 9.17) is 10.00 Å². The lowest BCUT2D eigenvalue weighted by molar-refractivity contribution is -0.140. The first-order chi connectivity index (χ1) is 10.1.